The summed E-state index contributed by atoms with van der Waals surface area (Å²) in [7, 11) is 0. The number of thiocarbonyl (C=S) groups is 1. The summed E-state index contributed by atoms with van der Waals surface area (Å²) in [5.74, 6) is 0. The third-order valence-corrected chi connectivity index (χ3v) is 4.22. The summed E-state index contributed by atoms with van der Waals surface area (Å²) >= 11 is 5.26. The Hall–Kier alpha value is -1.50. The number of aryl methyl sites for hydroxylation is 1. The minimum Gasteiger partial charge on any atom is -0.370 e. The van der Waals surface area contributed by atoms with E-state index in [0.29, 0.717) is 5.11 Å². The van der Waals surface area contributed by atoms with E-state index in [2.05, 4.69) is 47.0 Å². The second kappa shape index (κ2) is 9.60. The molecule has 0 saturated carbocycles. The molecule has 1 heterocycles. The number of benzene rings is 1. The fraction of sp³-hybridized carbons (Fsp3) is 0.529. The molecule has 1 aliphatic heterocycles. The summed E-state index contributed by atoms with van der Waals surface area (Å²) in [5, 5.41) is 8.12. The standard InChI is InChI=1S/C17H26N4OS/c1-14-4-6-16(7-5-14)15(2)19-20-17(23)18-8-3-9-21-10-12-22-13-11-21/h4-7H,3,8-13H2,1-2H3,(H2,18,20,23)/p+1/b19-15-. The highest BCUT2D eigenvalue weighted by Gasteiger charge is 2.12. The van der Waals surface area contributed by atoms with Crippen LogP contribution in [0.25, 0.3) is 0 Å². The molecule has 1 aliphatic rings. The topological polar surface area (TPSA) is 50.1 Å². The lowest BCUT2D eigenvalue weighted by molar-refractivity contribution is -0.908. The van der Waals surface area contributed by atoms with Gasteiger partial charge in [-0.15, -0.1) is 0 Å². The van der Waals surface area contributed by atoms with Gasteiger partial charge in [-0.05, 0) is 31.6 Å². The van der Waals surface area contributed by atoms with Gasteiger partial charge in [0.05, 0.1) is 25.5 Å². The van der Waals surface area contributed by atoms with Crippen LogP contribution < -0.4 is 15.6 Å². The first-order valence-electron chi connectivity index (χ1n) is 8.21. The SMILES string of the molecule is C/C(=N/NC(=S)NCCC[NH+]1CCOCC1)c1ccc(C)cc1. The van der Waals surface area contributed by atoms with E-state index in [1.165, 1.54) is 5.56 Å². The number of hydrogen-bond acceptors (Lipinski definition) is 3. The van der Waals surface area contributed by atoms with Crippen molar-refractivity contribution >= 4 is 23.0 Å². The Morgan fingerprint density at radius 2 is 1.96 bits per heavy atom. The second-order valence-electron chi connectivity index (χ2n) is 5.90. The fourth-order valence-corrected chi connectivity index (χ4v) is 2.63. The zero-order chi connectivity index (χ0) is 16.5. The van der Waals surface area contributed by atoms with Gasteiger partial charge < -0.3 is 15.0 Å². The minimum absolute atomic E-state index is 0.577. The predicted molar refractivity (Wildman–Crippen MR) is 98.1 cm³/mol. The van der Waals surface area contributed by atoms with Crippen molar-refractivity contribution in [2.45, 2.75) is 20.3 Å². The summed E-state index contributed by atoms with van der Waals surface area (Å²) in [4.78, 5) is 1.62. The summed E-state index contributed by atoms with van der Waals surface area (Å²) in [6.45, 7) is 10.1. The van der Waals surface area contributed by atoms with Gasteiger partial charge >= 0.3 is 0 Å². The van der Waals surface area contributed by atoms with Crippen molar-refractivity contribution in [3.63, 3.8) is 0 Å². The molecule has 0 atom stereocenters. The van der Waals surface area contributed by atoms with Crippen LogP contribution in [0.3, 0.4) is 0 Å². The molecule has 1 aromatic carbocycles. The van der Waals surface area contributed by atoms with Crippen molar-refractivity contribution in [2.24, 2.45) is 5.10 Å². The van der Waals surface area contributed by atoms with Crippen molar-refractivity contribution < 1.29 is 9.64 Å². The molecule has 1 saturated heterocycles. The van der Waals surface area contributed by atoms with Gasteiger partial charge in [-0.25, -0.2) is 0 Å². The lowest BCUT2D eigenvalue weighted by atomic mass is 10.1. The summed E-state index contributed by atoms with van der Waals surface area (Å²) in [6, 6.07) is 8.30. The smallest absolute Gasteiger partial charge is 0.186 e. The largest absolute Gasteiger partial charge is 0.370 e. The summed E-state index contributed by atoms with van der Waals surface area (Å²) in [5.41, 5.74) is 6.18. The van der Waals surface area contributed by atoms with Crippen LogP contribution in [0.15, 0.2) is 29.4 Å². The van der Waals surface area contributed by atoms with Gasteiger partial charge in [0.25, 0.3) is 0 Å². The van der Waals surface area contributed by atoms with Gasteiger partial charge in [-0.1, -0.05) is 29.8 Å². The molecule has 1 aromatic rings. The number of hydrazone groups is 1. The Morgan fingerprint density at radius 1 is 1.26 bits per heavy atom. The first-order valence-corrected chi connectivity index (χ1v) is 8.62. The molecule has 1 fully saturated rings. The van der Waals surface area contributed by atoms with Gasteiger partial charge in [-0.3, -0.25) is 5.43 Å². The maximum Gasteiger partial charge on any atom is 0.186 e. The van der Waals surface area contributed by atoms with Gasteiger partial charge in [-0.2, -0.15) is 5.10 Å². The molecule has 0 unspecified atom stereocenters. The normalized spacial score (nSPS) is 16.2. The summed E-state index contributed by atoms with van der Waals surface area (Å²) in [6.07, 6.45) is 1.10. The molecule has 23 heavy (non-hydrogen) atoms. The second-order valence-corrected chi connectivity index (χ2v) is 6.31. The minimum atomic E-state index is 0.577. The van der Waals surface area contributed by atoms with Crippen LogP contribution >= 0.6 is 12.2 Å². The average Bonchev–Trinajstić information content (AvgIpc) is 2.58. The molecule has 2 rings (SSSR count). The highest BCUT2D eigenvalue weighted by molar-refractivity contribution is 7.80. The molecule has 6 heteroatoms. The van der Waals surface area contributed by atoms with Gasteiger partial charge in [0, 0.05) is 13.0 Å². The van der Waals surface area contributed by atoms with Crippen molar-refractivity contribution in [2.75, 3.05) is 39.4 Å². The van der Waals surface area contributed by atoms with Crippen LogP contribution in [0.4, 0.5) is 0 Å². The van der Waals surface area contributed by atoms with E-state index in [9.17, 15) is 0 Å². The van der Waals surface area contributed by atoms with Crippen LogP contribution in [-0.2, 0) is 4.74 Å². The van der Waals surface area contributed by atoms with Crippen molar-refractivity contribution in [1.82, 2.24) is 10.7 Å². The van der Waals surface area contributed by atoms with Crippen molar-refractivity contribution in [3.05, 3.63) is 35.4 Å². The number of nitrogens with one attached hydrogen (secondary N) is 3. The molecule has 0 aromatic heterocycles. The maximum atomic E-state index is 5.36. The third-order valence-electron chi connectivity index (χ3n) is 3.99. The van der Waals surface area contributed by atoms with E-state index < -0.39 is 0 Å². The van der Waals surface area contributed by atoms with Crippen LogP contribution in [0.1, 0.15) is 24.5 Å². The Morgan fingerprint density at radius 3 is 2.65 bits per heavy atom. The quantitative estimate of drug-likeness (QED) is 0.306. The van der Waals surface area contributed by atoms with Gasteiger partial charge in [0.2, 0.25) is 0 Å². The first kappa shape index (κ1) is 17.8. The molecule has 0 amide bonds. The molecular formula is C17H27N4OS+. The van der Waals surface area contributed by atoms with E-state index in [-0.39, 0.29) is 0 Å². The third kappa shape index (κ3) is 6.64. The molecule has 3 N–H and O–H groups in total. The Labute approximate surface area is 144 Å². The number of morpholine rings is 1. The number of nitrogens with zero attached hydrogens (tertiary/aromatic N) is 1. The van der Waals surface area contributed by atoms with E-state index in [0.717, 1.165) is 57.1 Å². The number of rotatable bonds is 6. The predicted octanol–water partition coefficient (Wildman–Crippen LogP) is 0.488. The van der Waals surface area contributed by atoms with E-state index in [1.807, 2.05) is 6.92 Å². The molecule has 126 valence electrons. The van der Waals surface area contributed by atoms with E-state index >= 15 is 0 Å². The summed E-state index contributed by atoms with van der Waals surface area (Å²) < 4.78 is 5.36. The fourth-order valence-electron chi connectivity index (χ4n) is 2.48. The molecule has 0 bridgehead atoms. The zero-order valence-corrected chi connectivity index (χ0v) is 14.8. The number of ether oxygens (including phenoxy) is 1. The number of quaternary nitrogens is 1. The lowest BCUT2D eigenvalue weighted by Crippen LogP contribution is -3.14. The van der Waals surface area contributed by atoms with Gasteiger partial charge in [0.15, 0.2) is 5.11 Å². The maximum absolute atomic E-state index is 5.36. The Balaban J connectivity index is 1.64. The number of hydrogen-bond donors (Lipinski definition) is 3. The molecule has 5 nitrogen and oxygen atoms in total. The van der Waals surface area contributed by atoms with E-state index in [4.69, 9.17) is 17.0 Å². The molecule has 0 radical (unpaired) electrons. The van der Waals surface area contributed by atoms with Crippen LogP contribution in [-0.4, -0.2) is 50.2 Å². The Bertz CT molecular complexity index is 524. The van der Waals surface area contributed by atoms with Crippen LogP contribution in [0.5, 0.6) is 0 Å². The van der Waals surface area contributed by atoms with Crippen LogP contribution in [0, 0.1) is 6.92 Å². The van der Waals surface area contributed by atoms with Crippen molar-refractivity contribution in [3.8, 4) is 0 Å². The first-order chi connectivity index (χ1) is 11.1. The van der Waals surface area contributed by atoms with Gasteiger partial charge in [0.1, 0.15) is 13.1 Å². The van der Waals surface area contributed by atoms with Crippen LogP contribution in [0.2, 0.25) is 0 Å². The molecular weight excluding hydrogens is 308 g/mol. The lowest BCUT2D eigenvalue weighted by Gasteiger charge is -2.23. The van der Waals surface area contributed by atoms with Crippen molar-refractivity contribution in [1.29, 1.82) is 0 Å². The average molecular weight is 335 g/mol. The molecule has 0 spiro atoms. The zero-order valence-electron chi connectivity index (χ0n) is 14.0. The van der Waals surface area contributed by atoms with E-state index in [1.54, 1.807) is 4.90 Å². The Kier molecular flexibility index (Phi) is 7.45. The highest BCUT2D eigenvalue weighted by atomic mass is 32.1. The monoisotopic (exact) mass is 335 g/mol. The highest BCUT2D eigenvalue weighted by Crippen LogP contribution is 2.04. The molecule has 0 aliphatic carbocycles.